The molecule has 0 unspecified atom stereocenters. The average molecular weight is 309 g/mol. The van der Waals surface area contributed by atoms with Gasteiger partial charge in [0.1, 0.15) is 5.01 Å². The van der Waals surface area contributed by atoms with E-state index in [0.29, 0.717) is 5.69 Å². The highest BCUT2D eigenvalue weighted by molar-refractivity contribution is 7.15. The van der Waals surface area contributed by atoms with Crippen LogP contribution in [0.2, 0.25) is 0 Å². The highest BCUT2D eigenvalue weighted by Gasteiger charge is 2.03. The van der Waals surface area contributed by atoms with Crippen LogP contribution in [0.25, 0.3) is 22.7 Å². The molecular weight excluding hydrogens is 298 g/mol. The molecular formula is C16H11N3O2S. The molecule has 0 aliphatic rings. The van der Waals surface area contributed by atoms with Crippen molar-refractivity contribution in [2.24, 2.45) is 0 Å². The summed E-state index contributed by atoms with van der Waals surface area (Å²) in [6.07, 6.45) is 10.4. The Bertz CT molecular complexity index is 811. The van der Waals surface area contributed by atoms with E-state index in [0.717, 1.165) is 15.4 Å². The monoisotopic (exact) mass is 309 g/mol. The zero-order chi connectivity index (χ0) is 15.4. The van der Waals surface area contributed by atoms with Crippen molar-refractivity contribution in [3.63, 3.8) is 0 Å². The molecule has 1 N–H and O–H groups in total. The first-order valence-electron chi connectivity index (χ1n) is 6.46. The molecule has 108 valence electrons. The summed E-state index contributed by atoms with van der Waals surface area (Å²) in [5.41, 5.74) is 1.85. The Balaban J connectivity index is 1.76. The van der Waals surface area contributed by atoms with Gasteiger partial charge in [-0.15, -0.1) is 11.3 Å². The van der Waals surface area contributed by atoms with Crippen molar-refractivity contribution in [3.05, 3.63) is 65.2 Å². The lowest BCUT2D eigenvalue weighted by Crippen LogP contribution is -1.96. The number of hydrogen-bond acceptors (Lipinski definition) is 5. The minimum atomic E-state index is -0.980. The van der Waals surface area contributed by atoms with Gasteiger partial charge in [-0.1, -0.05) is 0 Å². The molecule has 0 radical (unpaired) electrons. The maximum absolute atomic E-state index is 10.8. The molecule has 3 rings (SSSR count). The highest BCUT2D eigenvalue weighted by Crippen LogP contribution is 2.25. The van der Waals surface area contributed by atoms with Gasteiger partial charge in [-0.05, 0) is 36.4 Å². The van der Waals surface area contributed by atoms with Crippen LogP contribution >= 0.6 is 11.3 Å². The van der Waals surface area contributed by atoms with Crippen LogP contribution in [0.15, 0.2) is 49.1 Å². The van der Waals surface area contributed by atoms with Crippen molar-refractivity contribution in [2.45, 2.75) is 0 Å². The number of carboxylic acids is 1. The standard InChI is InChI=1S/C16H11N3O2S/c20-16(21)12-3-4-13(18-9-12)5-6-14-10-19-15(22-14)11-2-1-7-17-8-11/h1-10H,(H,20,21)/b6-5+. The average Bonchev–Trinajstić information content (AvgIpc) is 3.03. The Morgan fingerprint density at radius 3 is 2.68 bits per heavy atom. The Morgan fingerprint density at radius 2 is 2.00 bits per heavy atom. The zero-order valence-corrected chi connectivity index (χ0v) is 12.2. The first-order valence-corrected chi connectivity index (χ1v) is 7.28. The van der Waals surface area contributed by atoms with Crippen LogP contribution in [-0.2, 0) is 0 Å². The van der Waals surface area contributed by atoms with E-state index in [1.165, 1.54) is 12.3 Å². The van der Waals surface area contributed by atoms with Crippen LogP contribution in [0.4, 0.5) is 0 Å². The first kappa shape index (κ1) is 14.1. The topological polar surface area (TPSA) is 76.0 Å². The molecule has 0 saturated carbocycles. The summed E-state index contributed by atoms with van der Waals surface area (Å²) in [7, 11) is 0. The maximum atomic E-state index is 10.8. The van der Waals surface area contributed by atoms with Gasteiger partial charge in [0.05, 0.1) is 11.3 Å². The zero-order valence-electron chi connectivity index (χ0n) is 11.4. The molecule has 0 atom stereocenters. The summed E-state index contributed by atoms with van der Waals surface area (Å²) in [4.78, 5) is 24.3. The molecule has 3 aromatic heterocycles. The summed E-state index contributed by atoms with van der Waals surface area (Å²) in [6.45, 7) is 0. The van der Waals surface area contributed by atoms with Crippen LogP contribution < -0.4 is 0 Å². The second-order valence-corrected chi connectivity index (χ2v) is 5.48. The summed E-state index contributed by atoms with van der Waals surface area (Å²) in [6, 6.07) is 7.04. The number of nitrogens with zero attached hydrogens (tertiary/aromatic N) is 3. The van der Waals surface area contributed by atoms with E-state index < -0.39 is 5.97 Å². The van der Waals surface area contributed by atoms with Crippen molar-refractivity contribution in [3.8, 4) is 10.6 Å². The Labute approximate surface area is 130 Å². The Morgan fingerprint density at radius 1 is 1.09 bits per heavy atom. The van der Waals surface area contributed by atoms with Crippen molar-refractivity contribution >= 4 is 29.5 Å². The molecule has 0 saturated heterocycles. The fourth-order valence-electron chi connectivity index (χ4n) is 1.78. The van der Waals surface area contributed by atoms with Crippen LogP contribution in [0.3, 0.4) is 0 Å². The molecule has 0 amide bonds. The van der Waals surface area contributed by atoms with Gasteiger partial charge in [0.25, 0.3) is 0 Å². The second-order valence-electron chi connectivity index (χ2n) is 4.42. The first-order chi connectivity index (χ1) is 10.7. The summed E-state index contributed by atoms with van der Waals surface area (Å²) >= 11 is 1.55. The number of aromatic nitrogens is 3. The van der Waals surface area contributed by atoms with E-state index in [2.05, 4.69) is 15.0 Å². The van der Waals surface area contributed by atoms with Crippen molar-refractivity contribution in [1.29, 1.82) is 0 Å². The number of pyridine rings is 2. The fraction of sp³-hybridized carbons (Fsp3) is 0. The molecule has 0 bridgehead atoms. The van der Waals surface area contributed by atoms with E-state index in [9.17, 15) is 4.79 Å². The SMILES string of the molecule is O=C(O)c1ccc(/C=C/c2cnc(-c3cccnc3)s2)nc1. The molecule has 0 aliphatic heterocycles. The number of thiazole rings is 1. The lowest BCUT2D eigenvalue weighted by atomic mass is 10.2. The predicted molar refractivity (Wildman–Crippen MR) is 85.5 cm³/mol. The molecule has 6 heteroatoms. The summed E-state index contributed by atoms with van der Waals surface area (Å²) < 4.78 is 0. The predicted octanol–water partition coefficient (Wildman–Crippen LogP) is 3.47. The molecule has 5 nitrogen and oxygen atoms in total. The molecule has 0 spiro atoms. The van der Waals surface area contributed by atoms with E-state index in [1.54, 1.807) is 36.0 Å². The van der Waals surface area contributed by atoms with E-state index in [4.69, 9.17) is 5.11 Å². The number of hydrogen-bond donors (Lipinski definition) is 1. The Hall–Kier alpha value is -2.86. The minimum absolute atomic E-state index is 0.175. The van der Waals surface area contributed by atoms with Crippen molar-refractivity contribution in [2.75, 3.05) is 0 Å². The summed E-state index contributed by atoms with van der Waals surface area (Å²) in [5.74, 6) is -0.980. The number of carboxylic acid groups (broad SMARTS) is 1. The molecule has 22 heavy (non-hydrogen) atoms. The van der Waals surface area contributed by atoms with Crippen LogP contribution in [-0.4, -0.2) is 26.0 Å². The molecule has 3 heterocycles. The quantitative estimate of drug-likeness (QED) is 0.798. The lowest BCUT2D eigenvalue weighted by molar-refractivity contribution is 0.0696. The minimum Gasteiger partial charge on any atom is -0.478 e. The molecule has 3 aromatic rings. The summed E-state index contributed by atoms with van der Waals surface area (Å²) in [5, 5.41) is 9.73. The van der Waals surface area contributed by atoms with Crippen LogP contribution in [0, 0.1) is 0 Å². The second kappa shape index (κ2) is 6.28. The van der Waals surface area contributed by atoms with Crippen LogP contribution in [0.5, 0.6) is 0 Å². The molecule has 0 fully saturated rings. The highest BCUT2D eigenvalue weighted by atomic mass is 32.1. The van der Waals surface area contributed by atoms with Gasteiger partial charge in [-0.25, -0.2) is 9.78 Å². The number of rotatable bonds is 4. The lowest BCUT2D eigenvalue weighted by Gasteiger charge is -1.94. The van der Waals surface area contributed by atoms with Gasteiger partial charge in [-0.2, -0.15) is 0 Å². The third kappa shape index (κ3) is 3.24. The number of carbonyl (C=O) groups is 1. The van der Waals surface area contributed by atoms with Crippen LogP contribution in [0.1, 0.15) is 20.9 Å². The fourth-order valence-corrected chi connectivity index (χ4v) is 2.59. The molecule has 0 aromatic carbocycles. The smallest absolute Gasteiger partial charge is 0.337 e. The van der Waals surface area contributed by atoms with Gasteiger partial charge in [-0.3, -0.25) is 9.97 Å². The van der Waals surface area contributed by atoms with Crippen molar-refractivity contribution in [1.82, 2.24) is 15.0 Å². The largest absolute Gasteiger partial charge is 0.478 e. The van der Waals surface area contributed by atoms with Gasteiger partial charge >= 0.3 is 5.97 Å². The van der Waals surface area contributed by atoms with Gasteiger partial charge in [0.2, 0.25) is 0 Å². The van der Waals surface area contributed by atoms with E-state index in [-0.39, 0.29) is 5.56 Å². The van der Waals surface area contributed by atoms with Gasteiger partial charge < -0.3 is 5.11 Å². The third-order valence-electron chi connectivity index (χ3n) is 2.88. The molecule has 0 aliphatic carbocycles. The normalized spacial score (nSPS) is 10.9. The van der Waals surface area contributed by atoms with Crippen molar-refractivity contribution < 1.29 is 9.90 Å². The van der Waals surface area contributed by atoms with Gasteiger partial charge in [0.15, 0.2) is 0 Å². The van der Waals surface area contributed by atoms with E-state index in [1.807, 2.05) is 24.3 Å². The van der Waals surface area contributed by atoms with E-state index >= 15 is 0 Å². The number of aromatic carboxylic acids is 1. The van der Waals surface area contributed by atoms with Gasteiger partial charge in [0, 0.05) is 35.2 Å². The Kier molecular flexibility index (Phi) is 4.02. The third-order valence-corrected chi connectivity index (χ3v) is 3.90. The maximum Gasteiger partial charge on any atom is 0.337 e.